The van der Waals surface area contributed by atoms with Crippen molar-refractivity contribution in [1.82, 2.24) is 5.32 Å². The summed E-state index contributed by atoms with van der Waals surface area (Å²) in [6, 6.07) is -0.647. The van der Waals surface area contributed by atoms with Crippen molar-refractivity contribution in [2.45, 2.75) is 283 Å². The van der Waals surface area contributed by atoms with Crippen molar-refractivity contribution in [1.29, 1.82) is 0 Å². The number of carbonyl (C=O) groups excluding carboxylic acids is 2. The Bertz CT molecular complexity index is 977. The fourth-order valence-corrected chi connectivity index (χ4v) is 7.78. The second-order valence-electron chi connectivity index (χ2n) is 17.8. The average molecular weight is 844 g/mol. The summed E-state index contributed by atoms with van der Waals surface area (Å²) in [6.07, 6.45) is 60.1. The van der Waals surface area contributed by atoms with Gasteiger partial charge in [0.25, 0.3) is 0 Å². The average Bonchev–Trinajstić information content (AvgIpc) is 3.25. The number of amides is 1. The first kappa shape index (κ1) is 58.1. The molecule has 0 aromatic heterocycles. The zero-order valence-electron chi connectivity index (χ0n) is 39.9. The molecule has 0 bridgehead atoms. The molecule has 0 aromatic rings. The van der Waals surface area contributed by atoms with E-state index in [0.717, 1.165) is 83.5 Å². The highest BCUT2D eigenvalue weighted by molar-refractivity contribution is 5.76. The predicted molar refractivity (Wildman–Crippen MR) is 259 cm³/mol. The van der Waals surface area contributed by atoms with Gasteiger partial charge in [0.05, 0.1) is 25.4 Å². The highest BCUT2D eigenvalue weighted by Gasteiger charge is 2.18. The lowest BCUT2D eigenvalue weighted by atomic mass is 10.0. The van der Waals surface area contributed by atoms with Gasteiger partial charge >= 0.3 is 5.97 Å². The molecule has 0 aliphatic heterocycles. The number of aliphatic hydroxyl groups is 2. The number of ether oxygens (including phenoxy) is 1. The van der Waals surface area contributed by atoms with E-state index in [2.05, 4.69) is 43.5 Å². The van der Waals surface area contributed by atoms with Crippen LogP contribution >= 0.6 is 0 Å². The minimum Gasteiger partial charge on any atom is -0.466 e. The van der Waals surface area contributed by atoms with Gasteiger partial charge in [0.15, 0.2) is 0 Å². The molecular formula is C54H101NO5. The summed E-state index contributed by atoms with van der Waals surface area (Å²) in [5, 5.41) is 23.1. The Morgan fingerprint density at radius 2 is 0.800 bits per heavy atom. The number of aliphatic hydroxyl groups excluding tert-OH is 2. The Kier molecular flexibility index (Phi) is 48.1. The molecule has 1 amide bonds. The summed E-state index contributed by atoms with van der Waals surface area (Å²) in [4.78, 5) is 24.4. The van der Waals surface area contributed by atoms with Crippen molar-refractivity contribution in [3.05, 3.63) is 36.5 Å². The molecule has 0 fully saturated rings. The molecule has 0 aliphatic rings. The molecule has 0 heterocycles. The molecule has 60 heavy (non-hydrogen) atoms. The molecular weight excluding hydrogens is 743 g/mol. The Morgan fingerprint density at radius 1 is 0.450 bits per heavy atom. The molecule has 0 rings (SSSR count). The van der Waals surface area contributed by atoms with Crippen LogP contribution in [0.3, 0.4) is 0 Å². The number of allylic oxidation sites excluding steroid dienone is 5. The van der Waals surface area contributed by atoms with Gasteiger partial charge in [0.1, 0.15) is 0 Å². The van der Waals surface area contributed by atoms with Gasteiger partial charge in [0, 0.05) is 12.8 Å². The minimum atomic E-state index is -0.861. The van der Waals surface area contributed by atoms with E-state index in [-0.39, 0.29) is 18.5 Å². The summed E-state index contributed by atoms with van der Waals surface area (Å²) < 4.78 is 5.42. The summed E-state index contributed by atoms with van der Waals surface area (Å²) in [5.41, 5.74) is 0. The van der Waals surface area contributed by atoms with Gasteiger partial charge in [-0.2, -0.15) is 0 Å². The molecule has 2 unspecified atom stereocenters. The highest BCUT2D eigenvalue weighted by atomic mass is 16.5. The van der Waals surface area contributed by atoms with Crippen molar-refractivity contribution in [2.75, 3.05) is 13.2 Å². The molecule has 0 aromatic carbocycles. The molecule has 352 valence electrons. The Morgan fingerprint density at radius 3 is 1.23 bits per heavy atom. The summed E-state index contributed by atoms with van der Waals surface area (Å²) in [5.74, 6) is -0.129. The summed E-state index contributed by atoms with van der Waals surface area (Å²) in [7, 11) is 0. The van der Waals surface area contributed by atoms with Crippen molar-refractivity contribution in [2.24, 2.45) is 0 Å². The lowest BCUT2D eigenvalue weighted by Gasteiger charge is -2.20. The lowest BCUT2D eigenvalue weighted by Crippen LogP contribution is -2.45. The summed E-state index contributed by atoms with van der Waals surface area (Å²) >= 11 is 0. The standard InChI is InChI=1S/C54H101NO5/c1-3-5-7-9-11-13-15-16-17-18-19-20-21-22-23-27-30-34-38-42-46-52(57)51(50-56)55-53(58)47-43-39-35-31-28-24-25-29-33-37-41-45-49-60-54(59)48-44-40-36-32-26-14-12-10-8-6-4-2/h10,12,25,29,42,46,51-52,56-57H,3-9,11,13-24,26-28,30-41,43-45,47-50H2,1-2H3,(H,55,58)/b12-10-,29-25-,46-42+. The molecule has 0 saturated carbocycles. The van der Waals surface area contributed by atoms with Crippen LogP contribution < -0.4 is 5.32 Å². The molecule has 0 aliphatic carbocycles. The quantitative estimate of drug-likeness (QED) is 0.0322. The van der Waals surface area contributed by atoms with Crippen molar-refractivity contribution in [3.63, 3.8) is 0 Å². The van der Waals surface area contributed by atoms with E-state index < -0.39 is 12.1 Å². The first-order valence-corrected chi connectivity index (χ1v) is 26.3. The Balaban J connectivity index is 3.56. The molecule has 0 spiro atoms. The molecule has 2 atom stereocenters. The monoisotopic (exact) mass is 844 g/mol. The predicted octanol–water partition coefficient (Wildman–Crippen LogP) is 15.7. The molecule has 0 saturated heterocycles. The van der Waals surface area contributed by atoms with Crippen LogP contribution in [0.5, 0.6) is 0 Å². The largest absolute Gasteiger partial charge is 0.466 e. The van der Waals surface area contributed by atoms with E-state index in [1.807, 2.05) is 6.08 Å². The van der Waals surface area contributed by atoms with Crippen LogP contribution in [0.15, 0.2) is 36.5 Å². The van der Waals surface area contributed by atoms with E-state index in [9.17, 15) is 19.8 Å². The van der Waals surface area contributed by atoms with Crippen LogP contribution in [-0.2, 0) is 14.3 Å². The van der Waals surface area contributed by atoms with E-state index in [1.54, 1.807) is 6.08 Å². The first-order valence-electron chi connectivity index (χ1n) is 26.3. The van der Waals surface area contributed by atoms with Crippen LogP contribution in [0.25, 0.3) is 0 Å². The van der Waals surface area contributed by atoms with Gasteiger partial charge in [-0.15, -0.1) is 0 Å². The fourth-order valence-electron chi connectivity index (χ4n) is 7.78. The van der Waals surface area contributed by atoms with E-state index in [4.69, 9.17) is 4.74 Å². The normalized spacial score (nSPS) is 12.9. The second kappa shape index (κ2) is 49.7. The van der Waals surface area contributed by atoms with Crippen molar-refractivity contribution in [3.8, 4) is 0 Å². The lowest BCUT2D eigenvalue weighted by molar-refractivity contribution is -0.143. The van der Waals surface area contributed by atoms with E-state index in [0.29, 0.717) is 19.4 Å². The van der Waals surface area contributed by atoms with Crippen LogP contribution in [-0.4, -0.2) is 47.4 Å². The fraction of sp³-hybridized carbons (Fsp3) is 0.852. The van der Waals surface area contributed by atoms with Crippen LogP contribution in [0, 0.1) is 0 Å². The van der Waals surface area contributed by atoms with Crippen molar-refractivity contribution >= 4 is 11.9 Å². The van der Waals surface area contributed by atoms with Gasteiger partial charge in [0.2, 0.25) is 5.91 Å². The van der Waals surface area contributed by atoms with Gasteiger partial charge in [-0.3, -0.25) is 9.59 Å². The topological polar surface area (TPSA) is 95.9 Å². The molecule has 6 heteroatoms. The maximum atomic E-state index is 12.4. The summed E-state index contributed by atoms with van der Waals surface area (Å²) in [6.45, 7) is 4.80. The van der Waals surface area contributed by atoms with Crippen molar-refractivity contribution < 1.29 is 24.5 Å². The third-order valence-electron chi connectivity index (χ3n) is 11.9. The number of carbonyl (C=O) groups is 2. The van der Waals surface area contributed by atoms with E-state index in [1.165, 1.54) is 161 Å². The smallest absolute Gasteiger partial charge is 0.305 e. The van der Waals surface area contributed by atoms with Crippen LogP contribution in [0.4, 0.5) is 0 Å². The zero-order valence-corrected chi connectivity index (χ0v) is 39.9. The van der Waals surface area contributed by atoms with Gasteiger partial charge in [-0.05, 0) is 83.5 Å². The molecule has 3 N–H and O–H groups in total. The van der Waals surface area contributed by atoms with Gasteiger partial charge in [-0.1, -0.05) is 211 Å². The van der Waals surface area contributed by atoms with Gasteiger partial charge < -0.3 is 20.3 Å². The third kappa shape index (κ3) is 45.6. The minimum absolute atomic E-state index is 0.0357. The first-order chi connectivity index (χ1) is 29.5. The number of esters is 1. The SMILES string of the molecule is CCCC/C=C\CCCCCCCC(=O)OCCCCC/C=C\CCCCCCCC(=O)NC(CO)C(O)/C=C/CCCCCCCCCCCCCCCCCCCC. The number of rotatable bonds is 48. The number of unbranched alkanes of at least 4 members (excludes halogenated alkanes) is 33. The van der Waals surface area contributed by atoms with Crippen LogP contribution in [0.2, 0.25) is 0 Å². The second-order valence-corrected chi connectivity index (χ2v) is 17.8. The van der Waals surface area contributed by atoms with E-state index >= 15 is 0 Å². The molecule has 0 radical (unpaired) electrons. The van der Waals surface area contributed by atoms with Gasteiger partial charge in [-0.25, -0.2) is 0 Å². The highest BCUT2D eigenvalue weighted by Crippen LogP contribution is 2.16. The number of nitrogens with one attached hydrogen (secondary N) is 1. The Labute approximate surface area is 373 Å². The number of hydrogen-bond donors (Lipinski definition) is 3. The molecule has 6 nitrogen and oxygen atoms in total. The Hall–Kier alpha value is -1.92. The number of hydrogen-bond acceptors (Lipinski definition) is 5. The third-order valence-corrected chi connectivity index (χ3v) is 11.9. The zero-order chi connectivity index (χ0) is 43.7. The maximum absolute atomic E-state index is 12.4. The maximum Gasteiger partial charge on any atom is 0.305 e. The van der Waals surface area contributed by atoms with Crippen LogP contribution in [0.1, 0.15) is 271 Å².